The monoisotopic (exact) mass is 601 g/mol. The number of ether oxygens (including phenoxy) is 1. The van der Waals surface area contributed by atoms with Gasteiger partial charge in [-0.15, -0.1) is 22.7 Å². The first kappa shape index (κ1) is 30.3. The molecule has 1 aromatic carbocycles. The molecule has 12 heteroatoms. The van der Waals surface area contributed by atoms with Crippen LogP contribution in [0.5, 0.6) is 0 Å². The maximum absolute atomic E-state index is 12.9. The van der Waals surface area contributed by atoms with Gasteiger partial charge in [-0.25, -0.2) is 14.8 Å². The number of carbonyl (C=O) groups is 2. The summed E-state index contributed by atoms with van der Waals surface area (Å²) in [5.41, 5.74) is 7.74. The number of hydrogen-bond donors (Lipinski definition) is 3. The molecule has 0 aliphatic carbocycles. The molecule has 0 saturated heterocycles. The van der Waals surface area contributed by atoms with Crippen LogP contribution in [0, 0.1) is 0 Å². The van der Waals surface area contributed by atoms with Crippen LogP contribution < -0.4 is 16.4 Å². The number of pyridine rings is 2. The summed E-state index contributed by atoms with van der Waals surface area (Å²) in [6, 6.07) is 16.2. The van der Waals surface area contributed by atoms with Crippen molar-refractivity contribution >= 4 is 46.3 Å². The number of thiazole rings is 2. The van der Waals surface area contributed by atoms with Crippen molar-refractivity contribution in [3.63, 3.8) is 0 Å². The van der Waals surface area contributed by atoms with Gasteiger partial charge in [0.05, 0.1) is 0 Å². The molecule has 0 radical (unpaired) electrons. The highest BCUT2D eigenvalue weighted by molar-refractivity contribution is 7.13. The van der Waals surface area contributed by atoms with Crippen molar-refractivity contribution in [2.24, 2.45) is 0 Å². The maximum atomic E-state index is 12.9. The van der Waals surface area contributed by atoms with Crippen LogP contribution in [0.15, 0.2) is 90.1 Å². The van der Waals surface area contributed by atoms with E-state index in [1.807, 2.05) is 60.0 Å². The fraction of sp³-hybridized carbons (Fsp3) is 0.200. The standard InChI is InChI=1S/C22H24N4O3S.C8H7N3S/c1-22(2,3)29-21(28)24-17(13-15-7-5-4-6-8-15)19(27)25-18-14-30-20(26-18)16-9-11-23-12-10-16;9-7-5-12-8(11-7)6-1-3-10-4-2-6/h4-12,14,17H,13H2,1-3H3,(H,24,28)(H,25,27);1-5H,9H2/t17-;/m0./s1. The van der Waals surface area contributed by atoms with E-state index < -0.39 is 17.7 Å². The summed E-state index contributed by atoms with van der Waals surface area (Å²) in [6.45, 7) is 5.32. The van der Waals surface area contributed by atoms with Gasteiger partial charge in [0.15, 0.2) is 0 Å². The van der Waals surface area contributed by atoms with E-state index in [4.69, 9.17) is 10.5 Å². The van der Waals surface area contributed by atoms with E-state index >= 15 is 0 Å². The molecule has 10 nitrogen and oxygen atoms in total. The van der Waals surface area contributed by atoms with E-state index in [1.54, 1.807) is 50.9 Å². The van der Waals surface area contributed by atoms with Crippen molar-refractivity contribution < 1.29 is 14.3 Å². The summed E-state index contributed by atoms with van der Waals surface area (Å²) in [5.74, 6) is 0.643. The fourth-order valence-corrected chi connectivity index (χ4v) is 5.07. The minimum Gasteiger partial charge on any atom is -0.444 e. The number of anilines is 2. The van der Waals surface area contributed by atoms with Crippen LogP contribution in [0.2, 0.25) is 0 Å². The summed E-state index contributed by atoms with van der Waals surface area (Å²) in [7, 11) is 0. The summed E-state index contributed by atoms with van der Waals surface area (Å²) in [4.78, 5) is 41.7. The van der Waals surface area contributed by atoms with Crippen LogP contribution in [-0.2, 0) is 16.0 Å². The Labute approximate surface area is 252 Å². The molecule has 4 heterocycles. The number of hydrogen-bond acceptors (Lipinski definition) is 10. The second-order valence-electron chi connectivity index (χ2n) is 9.96. The minimum absolute atomic E-state index is 0.327. The topological polar surface area (TPSA) is 145 Å². The number of nitrogens with two attached hydrogens (primary N) is 1. The Kier molecular flexibility index (Phi) is 10.3. The van der Waals surface area contributed by atoms with Crippen molar-refractivity contribution in [3.05, 3.63) is 95.7 Å². The third-order valence-electron chi connectivity index (χ3n) is 5.42. The van der Waals surface area contributed by atoms with E-state index in [1.165, 1.54) is 22.7 Å². The molecule has 0 aliphatic heterocycles. The minimum atomic E-state index is -0.812. The van der Waals surface area contributed by atoms with Gasteiger partial charge < -0.3 is 21.1 Å². The highest BCUT2D eigenvalue weighted by Gasteiger charge is 2.25. The molecule has 5 rings (SSSR count). The van der Waals surface area contributed by atoms with Gasteiger partial charge in [-0.3, -0.25) is 14.8 Å². The van der Waals surface area contributed by atoms with Gasteiger partial charge in [0.1, 0.15) is 33.3 Å². The molecule has 0 unspecified atom stereocenters. The molecular formula is C30H31N7O3S2. The van der Waals surface area contributed by atoms with Gasteiger partial charge in [0.2, 0.25) is 5.91 Å². The number of alkyl carbamates (subject to hydrolysis) is 1. The van der Waals surface area contributed by atoms with Crippen LogP contribution in [0.3, 0.4) is 0 Å². The van der Waals surface area contributed by atoms with Crippen LogP contribution in [0.1, 0.15) is 26.3 Å². The van der Waals surface area contributed by atoms with Gasteiger partial charge in [0.25, 0.3) is 0 Å². The van der Waals surface area contributed by atoms with Crippen LogP contribution in [-0.4, -0.2) is 43.6 Å². The number of rotatable bonds is 7. The highest BCUT2D eigenvalue weighted by Crippen LogP contribution is 2.25. The van der Waals surface area contributed by atoms with Gasteiger partial charge in [-0.05, 0) is 50.6 Å². The lowest BCUT2D eigenvalue weighted by molar-refractivity contribution is -0.118. The van der Waals surface area contributed by atoms with Crippen molar-refractivity contribution in [2.75, 3.05) is 11.1 Å². The van der Waals surface area contributed by atoms with Crippen LogP contribution in [0.25, 0.3) is 21.1 Å². The van der Waals surface area contributed by atoms with Gasteiger partial charge >= 0.3 is 6.09 Å². The molecule has 216 valence electrons. The summed E-state index contributed by atoms with van der Waals surface area (Å²) < 4.78 is 5.32. The van der Waals surface area contributed by atoms with Crippen LogP contribution in [0.4, 0.5) is 16.4 Å². The van der Waals surface area contributed by atoms with Crippen LogP contribution >= 0.6 is 22.7 Å². The number of carbonyl (C=O) groups excluding carboxylic acids is 2. The molecule has 0 bridgehead atoms. The number of aromatic nitrogens is 4. The highest BCUT2D eigenvalue weighted by atomic mass is 32.1. The Bertz CT molecular complexity index is 1570. The molecule has 0 spiro atoms. The second kappa shape index (κ2) is 14.3. The number of nitrogens with zero attached hydrogens (tertiary/aromatic N) is 4. The maximum Gasteiger partial charge on any atom is 0.408 e. The first-order valence-electron chi connectivity index (χ1n) is 13.0. The Hall–Kier alpha value is -4.68. The second-order valence-corrected chi connectivity index (χ2v) is 11.7. The first-order valence-corrected chi connectivity index (χ1v) is 14.7. The number of benzene rings is 1. The molecular weight excluding hydrogens is 571 g/mol. The van der Waals surface area contributed by atoms with E-state index in [-0.39, 0.29) is 5.91 Å². The molecule has 0 saturated carbocycles. The van der Waals surface area contributed by atoms with Crippen molar-refractivity contribution in [1.82, 2.24) is 25.3 Å². The number of amides is 2. The van der Waals surface area contributed by atoms with Gasteiger partial charge in [0, 0.05) is 53.1 Å². The predicted molar refractivity (Wildman–Crippen MR) is 167 cm³/mol. The lowest BCUT2D eigenvalue weighted by atomic mass is 10.1. The molecule has 4 aromatic heterocycles. The zero-order valence-corrected chi connectivity index (χ0v) is 25.0. The summed E-state index contributed by atoms with van der Waals surface area (Å²) >= 11 is 2.96. The Morgan fingerprint density at radius 3 is 1.98 bits per heavy atom. The molecule has 0 fully saturated rings. The average molecular weight is 602 g/mol. The number of nitrogens with one attached hydrogen (secondary N) is 2. The third kappa shape index (κ3) is 9.46. The normalized spacial score (nSPS) is 11.5. The van der Waals surface area contributed by atoms with E-state index in [9.17, 15) is 9.59 Å². The molecule has 5 aromatic rings. The smallest absolute Gasteiger partial charge is 0.408 e. The summed E-state index contributed by atoms with van der Waals surface area (Å²) in [6.07, 6.45) is 6.55. The molecule has 2 amide bonds. The summed E-state index contributed by atoms with van der Waals surface area (Å²) in [5, 5.41) is 10.8. The molecule has 42 heavy (non-hydrogen) atoms. The average Bonchev–Trinajstić information content (AvgIpc) is 3.63. The SMILES string of the molecule is CC(C)(C)OC(=O)N[C@@H](Cc1ccccc1)C(=O)Nc1csc(-c2ccncc2)n1.Nc1csc(-c2ccncc2)n1. The van der Waals surface area contributed by atoms with Crippen molar-refractivity contribution in [2.45, 2.75) is 38.8 Å². The van der Waals surface area contributed by atoms with E-state index in [0.717, 1.165) is 26.7 Å². The third-order valence-corrected chi connectivity index (χ3v) is 7.22. The van der Waals surface area contributed by atoms with Crippen molar-refractivity contribution in [3.8, 4) is 21.1 Å². The largest absolute Gasteiger partial charge is 0.444 e. The van der Waals surface area contributed by atoms with Gasteiger partial charge in [-0.2, -0.15) is 0 Å². The first-order chi connectivity index (χ1) is 20.2. The van der Waals surface area contributed by atoms with E-state index in [2.05, 4.69) is 30.6 Å². The van der Waals surface area contributed by atoms with Crippen molar-refractivity contribution in [1.29, 1.82) is 0 Å². The predicted octanol–water partition coefficient (Wildman–Crippen LogP) is 6.07. The molecule has 0 aliphatic rings. The number of nitrogen functional groups attached to an aromatic ring is 1. The lowest BCUT2D eigenvalue weighted by Crippen LogP contribution is -2.47. The zero-order valence-electron chi connectivity index (χ0n) is 23.4. The molecule has 1 atom stereocenters. The lowest BCUT2D eigenvalue weighted by Gasteiger charge is -2.23. The van der Waals surface area contributed by atoms with E-state index in [0.29, 0.717) is 18.1 Å². The fourth-order valence-electron chi connectivity index (χ4n) is 3.59. The van der Waals surface area contributed by atoms with Gasteiger partial charge in [-0.1, -0.05) is 30.3 Å². The zero-order chi connectivity index (χ0) is 30.0. The quantitative estimate of drug-likeness (QED) is 0.204. The molecule has 4 N–H and O–H groups in total. The Morgan fingerprint density at radius 1 is 0.857 bits per heavy atom. The Morgan fingerprint density at radius 2 is 1.43 bits per heavy atom. The Balaban J connectivity index is 0.000000279.